The van der Waals surface area contributed by atoms with Gasteiger partial charge in [-0.05, 0) is 24.3 Å². The lowest BCUT2D eigenvalue weighted by molar-refractivity contribution is 0.0690. The van der Waals surface area contributed by atoms with Gasteiger partial charge in [0.15, 0.2) is 0 Å². The molecule has 1 aromatic carbocycles. The van der Waals surface area contributed by atoms with E-state index in [9.17, 15) is 9.90 Å². The Bertz CT molecular complexity index is 568. The van der Waals surface area contributed by atoms with Crippen LogP contribution < -0.4 is 4.74 Å². The van der Waals surface area contributed by atoms with E-state index >= 15 is 0 Å². The first-order chi connectivity index (χ1) is 8.65. The summed E-state index contributed by atoms with van der Waals surface area (Å²) in [6.07, 6.45) is 0. The van der Waals surface area contributed by atoms with Crippen LogP contribution >= 0.6 is 0 Å². The number of aromatic carboxylic acids is 1. The van der Waals surface area contributed by atoms with Crippen molar-refractivity contribution >= 4 is 5.97 Å². The summed E-state index contributed by atoms with van der Waals surface area (Å²) in [5.74, 6) is -0.466. The maximum atomic E-state index is 10.7. The largest absolute Gasteiger partial charge is 0.508 e. The molecule has 18 heavy (non-hydrogen) atoms. The van der Waals surface area contributed by atoms with Gasteiger partial charge in [-0.3, -0.25) is 0 Å². The SMILES string of the molecule is O=C(O)c1cccc(COc2cccc(O)c2)n1. The van der Waals surface area contributed by atoms with E-state index in [4.69, 9.17) is 9.84 Å². The van der Waals surface area contributed by atoms with Crippen LogP contribution in [0.5, 0.6) is 11.5 Å². The summed E-state index contributed by atoms with van der Waals surface area (Å²) < 4.78 is 5.39. The van der Waals surface area contributed by atoms with Crippen molar-refractivity contribution in [3.05, 3.63) is 53.9 Å². The normalized spacial score (nSPS) is 10.0. The second-order valence-electron chi connectivity index (χ2n) is 3.61. The fourth-order valence-corrected chi connectivity index (χ4v) is 1.41. The van der Waals surface area contributed by atoms with Crippen molar-refractivity contribution < 1.29 is 19.7 Å². The molecule has 92 valence electrons. The number of phenols is 1. The van der Waals surface area contributed by atoms with Gasteiger partial charge in [-0.2, -0.15) is 0 Å². The second kappa shape index (κ2) is 5.18. The molecule has 2 rings (SSSR count). The molecule has 0 aliphatic carbocycles. The number of nitrogens with zero attached hydrogens (tertiary/aromatic N) is 1. The van der Waals surface area contributed by atoms with Gasteiger partial charge in [0, 0.05) is 6.07 Å². The summed E-state index contributed by atoms with van der Waals surface area (Å²) in [6, 6.07) is 11.1. The molecule has 2 N–H and O–H groups in total. The van der Waals surface area contributed by atoms with Gasteiger partial charge in [-0.15, -0.1) is 0 Å². The number of aromatic nitrogens is 1. The highest BCUT2D eigenvalue weighted by atomic mass is 16.5. The average molecular weight is 245 g/mol. The third-order valence-corrected chi connectivity index (χ3v) is 2.23. The highest BCUT2D eigenvalue weighted by Gasteiger charge is 2.05. The number of pyridine rings is 1. The summed E-state index contributed by atoms with van der Waals surface area (Å²) in [5.41, 5.74) is 0.491. The van der Waals surface area contributed by atoms with Crippen LogP contribution in [0.15, 0.2) is 42.5 Å². The molecule has 0 fully saturated rings. The maximum Gasteiger partial charge on any atom is 0.354 e. The van der Waals surface area contributed by atoms with Crippen molar-refractivity contribution in [2.45, 2.75) is 6.61 Å². The first-order valence-electron chi connectivity index (χ1n) is 5.26. The quantitative estimate of drug-likeness (QED) is 0.861. The number of ether oxygens (including phenoxy) is 1. The maximum absolute atomic E-state index is 10.7. The zero-order valence-corrected chi connectivity index (χ0v) is 9.41. The van der Waals surface area contributed by atoms with E-state index in [1.165, 1.54) is 18.2 Å². The minimum Gasteiger partial charge on any atom is -0.508 e. The van der Waals surface area contributed by atoms with Crippen molar-refractivity contribution in [1.29, 1.82) is 0 Å². The first-order valence-corrected chi connectivity index (χ1v) is 5.26. The van der Waals surface area contributed by atoms with Crippen LogP contribution in [0.3, 0.4) is 0 Å². The summed E-state index contributed by atoms with van der Waals surface area (Å²) in [7, 11) is 0. The standard InChI is InChI=1S/C13H11NO4/c15-10-4-2-5-11(7-10)18-8-9-3-1-6-12(14-9)13(16)17/h1-7,15H,8H2,(H,16,17). The topological polar surface area (TPSA) is 79.7 Å². The molecule has 0 atom stereocenters. The van der Waals surface area contributed by atoms with Gasteiger partial charge >= 0.3 is 5.97 Å². The first kappa shape index (κ1) is 11.9. The Morgan fingerprint density at radius 1 is 1.22 bits per heavy atom. The molecule has 0 aliphatic rings. The van der Waals surface area contributed by atoms with Gasteiger partial charge in [0.05, 0.1) is 5.69 Å². The molecule has 0 radical (unpaired) electrons. The van der Waals surface area contributed by atoms with Crippen molar-refractivity contribution in [3.8, 4) is 11.5 Å². The number of hydrogen-bond donors (Lipinski definition) is 2. The van der Waals surface area contributed by atoms with Crippen molar-refractivity contribution in [3.63, 3.8) is 0 Å². The number of carboxylic acids is 1. The molecular formula is C13H11NO4. The number of carbonyl (C=O) groups is 1. The summed E-state index contributed by atoms with van der Waals surface area (Å²) in [4.78, 5) is 14.7. The highest BCUT2D eigenvalue weighted by Crippen LogP contribution is 2.18. The van der Waals surface area contributed by atoms with Gasteiger partial charge < -0.3 is 14.9 Å². The van der Waals surface area contributed by atoms with E-state index in [0.29, 0.717) is 11.4 Å². The van der Waals surface area contributed by atoms with Crippen LogP contribution in [0.1, 0.15) is 16.2 Å². The number of aromatic hydroxyl groups is 1. The van der Waals surface area contributed by atoms with Gasteiger partial charge in [0.25, 0.3) is 0 Å². The average Bonchev–Trinajstić information content (AvgIpc) is 2.37. The van der Waals surface area contributed by atoms with E-state index in [0.717, 1.165) is 0 Å². The number of benzene rings is 1. The van der Waals surface area contributed by atoms with Crippen molar-refractivity contribution in [1.82, 2.24) is 4.98 Å². The summed E-state index contributed by atoms with van der Waals surface area (Å²) >= 11 is 0. The number of rotatable bonds is 4. The van der Waals surface area contributed by atoms with Crippen LogP contribution in [0.2, 0.25) is 0 Å². The number of carboxylic acid groups (broad SMARTS) is 1. The van der Waals surface area contributed by atoms with Gasteiger partial charge in [0.2, 0.25) is 0 Å². The van der Waals surface area contributed by atoms with Gasteiger partial charge in [0.1, 0.15) is 23.8 Å². The number of phenolic OH excluding ortho intramolecular Hbond substituents is 1. The molecule has 0 aliphatic heterocycles. The zero-order valence-electron chi connectivity index (χ0n) is 9.41. The minimum absolute atomic E-state index is 0.0213. The van der Waals surface area contributed by atoms with E-state index in [1.54, 1.807) is 24.3 Å². The zero-order chi connectivity index (χ0) is 13.0. The van der Waals surface area contributed by atoms with E-state index in [2.05, 4.69) is 4.98 Å². The van der Waals surface area contributed by atoms with Crippen molar-refractivity contribution in [2.24, 2.45) is 0 Å². The van der Waals surface area contributed by atoms with Crippen LogP contribution in [0.4, 0.5) is 0 Å². The van der Waals surface area contributed by atoms with Crippen LogP contribution in [0, 0.1) is 0 Å². The number of hydrogen-bond acceptors (Lipinski definition) is 4. The van der Waals surface area contributed by atoms with Gasteiger partial charge in [-0.25, -0.2) is 9.78 Å². The Hall–Kier alpha value is -2.56. The molecule has 2 aromatic rings. The van der Waals surface area contributed by atoms with Crippen LogP contribution in [0.25, 0.3) is 0 Å². The van der Waals surface area contributed by atoms with E-state index in [-0.39, 0.29) is 18.1 Å². The molecule has 0 spiro atoms. The van der Waals surface area contributed by atoms with Gasteiger partial charge in [-0.1, -0.05) is 12.1 Å². The third kappa shape index (κ3) is 2.98. The Morgan fingerprint density at radius 2 is 2.00 bits per heavy atom. The van der Waals surface area contributed by atoms with E-state index < -0.39 is 5.97 Å². The fourth-order valence-electron chi connectivity index (χ4n) is 1.41. The molecule has 0 unspecified atom stereocenters. The molecule has 0 amide bonds. The predicted octanol–water partition coefficient (Wildman–Crippen LogP) is 2.06. The Morgan fingerprint density at radius 3 is 2.72 bits per heavy atom. The predicted molar refractivity (Wildman–Crippen MR) is 63.6 cm³/mol. The lowest BCUT2D eigenvalue weighted by atomic mass is 10.3. The molecular weight excluding hydrogens is 234 g/mol. The lowest BCUT2D eigenvalue weighted by Gasteiger charge is -2.06. The molecule has 1 heterocycles. The van der Waals surface area contributed by atoms with Crippen LogP contribution in [-0.4, -0.2) is 21.2 Å². The second-order valence-corrected chi connectivity index (χ2v) is 3.61. The molecule has 5 nitrogen and oxygen atoms in total. The third-order valence-electron chi connectivity index (χ3n) is 2.23. The molecule has 1 aromatic heterocycles. The van der Waals surface area contributed by atoms with Crippen LogP contribution in [-0.2, 0) is 6.61 Å². The Kier molecular flexibility index (Phi) is 3.43. The molecule has 5 heteroatoms. The van der Waals surface area contributed by atoms with E-state index in [1.807, 2.05) is 0 Å². The lowest BCUT2D eigenvalue weighted by Crippen LogP contribution is -2.04. The molecule has 0 saturated carbocycles. The van der Waals surface area contributed by atoms with Crippen molar-refractivity contribution in [2.75, 3.05) is 0 Å². The minimum atomic E-state index is -1.07. The fraction of sp³-hybridized carbons (Fsp3) is 0.0769. The molecule has 0 bridgehead atoms. The summed E-state index contributed by atoms with van der Waals surface area (Å²) in [5, 5.41) is 18.0. The highest BCUT2D eigenvalue weighted by molar-refractivity contribution is 5.85. The Labute approximate surface area is 103 Å². The Balaban J connectivity index is 2.06. The molecule has 0 saturated heterocycles. The smallest absolute Gasteiger partial charge is 0.354 e. The monoisotopic (exact) mass is 245 g/mol. The summed E-state index contributed by atoms with van der Waals surface area (Å²) in [6.45, 7) is 0.143.